The van der Waals surface area contributed by atoms with E-state index in [9.17, 15) is 5.11 Å². The van der Waals surface area contributed by atoms with E-state index in [1.54, 1.807) is 13.2 Å². The third-order valence-electron chi connectivity index (χ3n) is 3.52. The van der Waals surface area contributed by atoms with Gasteiger partial charge in [0.2, 0.25) is 0 Å². The van der Waals surface area contributed by atoms with Crippen molar-refractivity contribution in [3.63, 3.8) is 0 Å². The van der Waals surface area contributed by atoms with Gasteiger partial charge in [0.25, 0.3) is 0 Å². The summed E-state index contributed by atoms with van der Waals surface area (Å²) in [5.41, 5.74) is 1.12. The topological polar surface area (TPSA) is 44.7 Å². The molecule has 2 rings (SSSR count). The second-order valence-corrected chi connectivity index (χ2v) is 5.09. The van der Waals surface area contributed by atoms with Gasteiger partial charge >= 0.3 is 0 Å². The number of nitrogens with zero attached hydrogens (tertiary/aromatic N) is 1. The van der Waals surface area contributed by atoms with Gasteiger partial charge in [-0.05, 0) is 31.5 Å². The van der Waals surface area contributed by atoms with Gasteiger partial charge in [-0.1, -0.05) is 6.07 Å². The predicted octanol–water partition coefficient (Wildman–Crippen LogP) is 2.00. The summed E-state index contributed by atoms with van der Waals surface area (Å²) in [4.78, 5) is 2.43. The van der Waals surface area contributed by atoms with E-state index in [2.05, 4.69) is 24.1 Å². The van der Waals surface area contributed by atoms with Gasteiger partial charge in [-0.3, -0.25) is 4.90 Å². The second kappa shape index (κ2) is 6.98. The number of phenols is 1. The molecule has 0 amide bonds. The number of rotatable bonds is 3. The number of phenolic OH excluding ortho intramolecular Hbond substituents is 1. The summed E-state index contributed by atoms with van der Waals surface area (Å²) in [5.74, 6) is 0.742. The zero-order chi connectivity index (χ0) is 13.1. The average Bonchev–Trinajstić information content (AvgIpc) is 2.34. The van der Waals surface area contributed by atoms with Gasteiger partial charge in [0, 0.05) is 31.7 Å². The second-order valence-electron chi connectivity index (χ2n) is 5.09. The van der Waals surface area contributed by atoms with Crippen molar-refractivity contribution in [2.45, 2.75) is 32.5 Å². The lowest BCUT2D eigenvalue weighted by Gasteiger charge is -2.37. The van der Waals surface area contributed by atoms with Crippen LogP contribution in [0.25, 0.3) is 0 Å². The Hall–Kier alpha value is -0.970. The molecule has 0 spiro atoms. The normalized spacial score (nSPS) is 23.7. The summed E-state index contributed by atoms with van der Waals surface area (Å²) in [6.45, 7) is 7.34. The number of ether oxygens (including phenoxy) is 1. The molecular formula is C14H23ClN2O2. The summed E-state index contributed by atoms with van der Waals surface area (Å²) in [7, 11) is 1.56. The Morgan fingerprint density at radius 2 is 2.16 bits per heavy atom. The minimum atomic E-state index is 0. The van der Waals surface area contributed by atoms with Crippen LogP contribution in [0.4, 0.5) is 0 Å². The van der Waals surface area contributed by atoms with Crippen LogP contribution in [0.3, 0.4) is 0 Å². The first-order valence-corrected chi connectivity index (χ1v) is 6.43. The largest absolute Gasteiger partial charge is 0.504 e. The van der Waals surface area contributed by atoms with Crippen molar-refractivity contribution in [2.75, 3.05) is 20.2 Å². The lowest BCUT2D eigenvalue weighted by atomic mass is 10.1. The van der Waals surface area contributed by atoms with Crippen molar-refractivity contribution in [3.8, 4) is 11.5 Å². The summed E-state index contributed by atoms with van der Waals surface area (Å²) in [6, 6.07) is 6.66. The van der Waals surface area contributed by atoms with Gasteiger partial charge in [0.15, 0.2) is 11.5 Å². The maximum atomic E-state index is 9.78. The Kier molecular flexibility index (Phi) is 5.91. The Morgan fingerprint density at radius 3 is 2.79 bits per heavy atom. The molecule has 108 valence electrons. The van der Waals surface area contributed by atoms with Crippen LogP contribution in [-0.4, -0.2) is 42.3 Å². The molecule has 1 aliphatic rings. The van der Waals surface area contributed by atoms with Crippen LogP contribution in [0, 0.1) is 0 Å². The van der Waals surface area contributed by atoms with Crippen LogP contribution in [0.1, 0.15) is 19.4 Å². The number of aromatic hydroxyl groups is 1. The molecule has 0 radical (unpaired) electrons. The van der Waals surface area contributed by atoms with Crippen molar-refractivity contribution in [1.29, 1.82) is 0 Å². The molecule has 19 heavy (non-hydrogen) atoms. The van der Waals surface area contributed by atoms with Crippen molar-refractivity contribution in [1.82, 2.24) is 10.2 Å². The number of halogens is 1. The minimum Gasteiger partial charge on any atom is -0.504 e. The highest BCUT2D eigenvalue weighted by Crippen LogP contribution is 2.27. The standard InChI is InChI=1S/C14H22N2O2.ClH/c1-10-8-16(11(2)7-15-10)9-12-4-5-14(18-3)13(17)6-12;/h4-6,10-11,15,17H,7-9H2,1-3H3;1H. The minimum absolute atomic E-state index is 0. The Labute approximate surface area is 121 Å². The number of piperazine rings is 1. The van der Waals surface area contributed by atoms with Gasteiger partial charge in [0.05, 0.1) is 7.11 Å². The van der Waals surface area contributed by atoms with Gasteiger partial charge < -0.3 is 15.2 Å². The fourth-order valence-electron chi connectivity index (χ4n) is 2.39. The number of methoxy groups -OCH3 is 1. The first-order valence-electron chi connectivity index (χ1n) is 6.43. The molecule has 1 saturated heterocycles. The molecule has 0 aliphatic carbocycles. The zero-order valence-corrected chi connectivity index (χ0v) is 12.5. The average molecular weight is 287 g/mol. The Balaban J connectivity index is 0.00000180. The van der Waals surface area contributed by atoms with Crippen LogP contribution in [0.15, 0.2) is 18.2 Å². The third-order valence-corrected chi connectivity index (χ3v) is 3.52. The van der Waals surface area contributed by atoms with E-state index in [0.29, 0.717) is 17.8 Å². The van der Waals surface area contributed by atoms with Crippen molar-refractivity contribution in [3.05, 3.63) is 23.8 Å². The van der Waals surface area contributed by atoms with Crippen LogP contribution < -0.4 is 10.1 Å². The smallest absolute Gasteiger partial charge is 0.160 e. The maximum Gasteiger partial charge on any atom is 0.160 e. The molecule has 5 heteroatoms. The van der Waals surface area contributed by atoms with Crippen LogP contribution in [0.5, 0.6) is 11.5 Å². The zero-order valence-electron chi connectivity index (χ0n) is 11.7. The molecule has 1 aliphatic heterocycles. The van der Waals surface area contributed by atoms with Crippen molar-refractivity contribution < 1.29 is 9.84 Å². The SMILES string of the molecule is COc1ccc(CN2CC(C)NCC2C)cc1O.Cl. The number of benzene rings is 1. The maximum absolute atomic E-state index is 9.78. The van der Waals surface area contributed by atoms with E-state index in [1.807, 2.05) is 12.1 Å². The molecule has 0 saturated carbocycles. The first kappa shape index (κ1) is 16.1. The molecule has 2 atom stereocenters. The highest BCUT2D eigenvalue weighted by Gasteiger charge is 2.22. The molecule has 4 nitrogen and oxygen atoms in total. The van der Waals surface area contributed by atoms with Crippen LogP contribution >= 0.6 is 12.4 Å². The molecule has 1 aromatic carbocycles. The Morgan fingerprint density at radius 1 is 1.42 bits per heavy atom. The summed E-state index contributed by atoms with van der Waals surface area (Å²) < 4.78 is 5.05. The fourth-order valence-corrected chi connectivity index (χ4v) is 2.39. The summed E-state index contributed by atoms with van der Waals surface area (Å²) in [5, 5.41) is 13.2. The molecule has 2 unspecified atom stereocenters. The van der Waals surface area contributed by atoms with Crippen molar-refractivity contribution in [2.24, 2.45) is 0 Å². The van der Waals surface area contributed by atoms with E-state index < -0.39 is 0 Å². The monoisotopic (exact) mass is 286 g/mol. The molecular weight excluding hydrogens is 264 g/mol. The lowest BCUT2D eigenvalue weighted by molar-refractivity contribution is 0.138. The fraction of sp³-hybridized carbons (Fsp3) is 0.571. The van der Waals surface area contributed by atoms with Crippen LogP contribution in [0.2, 0.25) is 0 Å². The van der Waals surface area contributed by atoms with E-state index in [-0.39, 0.29) is 18.2 Å². The lowest BCUT2D eigenvalue weighted by Crippen LogP contribution is -2.53. The summed E-state index contributed by atoms with van der Waals surface area (Å²) in [6.07, 6.45) is 0. The van der Waals surface area contributed by atoms with E-state index >= 15 is 0 Å². The van der Waals surface area contributed by atoms with Gasteiger partial charge in [0.1, 0.15) is 0 Å². The third kappa shape index (κ3) is 4.00. The van der Waals surface area contributed by atoms with Gasteiger partial charge in [-0.15, -0.1) is 12.4 Å². The van der Waals surface area contributed by atoms with Gasteiger partial charge in [-0.25, -0.2) is 0 Å². The Bertz CT molecular complexity index is 414. The van der Waals surface area contributed by atoms with Gasteiger partial charge in [-0.2, -0.15) is 0 Å². The summed E-state index contributed by atoms with van der Waals surface area (Å²) >= 11 is 0. The molecule has 1 heterocycles. The highest BCUT2D eigenvalue weighted by atomic mass is 35.5. The molecule has 0 aromatic heterocycles. The predicted molar refractivity (Wildman–Crippen MR) is 79.2 cm³/mol. The first-order chi connectivity index (χ1) is 8.60. The molecule has 1 aromatic rings. The van der Waals surface area contributed by atoms with E-state index in [1.165, 1.54) is 0 Å². The molecule has 0 bridgehead atoms. The van der Waals surface area contributed by atoms with E-state index in [0.717, 1.165) is 25.2 Å². The molecule has 2 N–H and O–H groups in total. The highest BCUT2D eigenvalue weighted by molar-refractivity contribution is 5.85. The number of hydrogen-bond acceptors (Lipinski definition) is 4. The molecule has 1 fully saturated rings. The van der Waals surface area contributed by atoms with E-state index in [4.69, 9.17) is 4.74 Å². The van der Waals surface area contributed by atoms with Crippen molar-refractivity contribution >= 4 is 12.4 Å². The number of nitrogens with one attached hydrogen (secondary N) is 1. The number of hydrogen-bond donors (Lipinski definition) is 2. The quantitative estimate of drug-likeness (QED) is 0.892. The van der Waals surface area contributed by atoms with Crippen LogP contribution in [-0.2, 0) is 6.54 Å².